The molecule has 11 nitrogen and oxygen atoms in total. The third-order valence-corrected chi connectivity index (χ3v) is 3.08. The average molecular weight is 346 g/mol. The summed E-state index contributed by atoms with van der Waals surface area (Å²) in [5, 5.41) is 22.9. The highest BCUT2D eigenvalue weighted by molar-refractivity contribution is 5.85. The molecule has 138 valence electrons. The molecule has 0 aliphatic heterocycles. The molecule has 0 rings (SSSR count). The third-order valence-electron chi connectivity index (χ3n) is 3.08. The molecule has 2 amide bonds. The van der Waals surface area contributed by atoms with E-state index >= 15 is 0 Å². The molecule has 0 bridgehead atoms. The van der Waals surface area contributed by atoms with Gasteiger partial charge in [0.25, 0.3) is 5.96 Å². The lowest BCUT2D eigenvalue weighted by Crippen LogP contribution is -2.46. The summed E-state index contributed by atoms with van der Waals surface area (Å²) in [5.41, 5.74) is 6.94. The minimum absolute atomic E-state index is 0.133. The molecule has 0 aromatic rings. The monoisotopic (exact) mass is 346 g/mol. The fourth-order valence-electron chi connectivity index (χ4n) is 1.93. The van der Waals surface area contributed by atoms with Gasteiger partial charge in [0.2, 0.25) is 5.91 Å². The van der Waals surface area contributed by atoms with Gasteiger partial charge in [0.15, 0.2) is 5.03 Å². The first-order valence-corrected chi connectivity index (χ1v) is 7.85. The highest BCUT2D eigenvalue weighted by Gasteiger charge is 2.19. The van der Waals surface area contributed by atoms with Crippen molar-refractivity contribution >= 4 is 18.0 Å². The van der Waals surface area contributed by atoms with Crippen molar-refractivity contribution in [3.05, 3.63) is 10.1 Å². The van der Waals surface area contributed by atoms with Crippen LogP contribution in [0.25, 0.3) is 0 Å². The zero-order valence-electron chi connectivity index (χ0n) is 13.8. The van der Waals surface area contributed by atoms with E-state index in [4.69, 9.17) is 10.8 Å². The van der Waals surface area contributed by atoms with E-state index in [0.717, 1.165) is 25.7 Å². The number of nitrogens with zero attached hydrogens (tertiary/aromatic N) is 2. The number of carbonyl (C=O) groups excluding carboxylic acids is 1. The summed E-state index contributed by atoms with van der Waals surface area (Å²) in [6.45, 7) is 2.71. The minimum Gasteiger partial charge on any atom is -0.465 e. The Morgan fingerprint density at radius 2 is 2.00 bits per heavy atom. The van der Waals surface area contributed by atoms with Gasteiger partial charge in [-0.05, 0) is 19.3 Å². The first-order chi connectivity index (χ1) is 11.4. The number of carboxylic acid groups (broad SMARTS) is 1. The van der Waals surface area contributed by atoms with Crippen LogP contribution in [0.5, 0.6) is 0 Å². The van der Waals surface area contributed by atoms with Crippen molar-refractivity contribution < 1.29 is 19.7 Å². The van der Waals surface area contributed by atoms with Gasteiger partial charge in [-0.25, -0.2) is 19.9 Å². The van der Waals surface area contributed by atoms with Gasteiger partial charge < -0.3 is 21.5 Å². The zero-order valence-corrected chi connectivity index (χ0v) is 13.8. The maximum atomic E-state index is 12.0. The maximum absolute atomic E-state index is 12.0. The lowest BCUT2D eigenvalue weighted by atomic mass is 10.1. The number of hydrazine groups is 1. The van der Waals surface area contributed by atoms with Gasteiger partial charge in [-0.15, -0.1) is 0 Å². The lowest BCUT2D eigenvalue weighted by Gasteiger charge is -2.16. The number of nitro groups is 1. The highest BCUT2D eigenvalue weighted by Crippen LogP contribution is 2.01. The van der Waals surface area contributed by atoms with Crippen molar-refractivity contribution in [2.24, 2.45) is 10.7 Å². The highest BCUT2D eigenvalue weighted by atomic mass is 16.7. The Kier molecular flexibility index (Phi) is 11.5. The Hall–Kier alpha value is -2.59. The SMILES string of the molecule is CCCCCCNC(=O)[C@H](CCCN=C(N)N[N+](=O)[O-])NC(=O)O. The van der Waals surface area contributed by atoms with Crippen LogP contribution in [0.2, 0.25) is 0 Å². The molecule has 6 N–H and O–H groups in total. The van der Waals surface area contributed by atoms with E-state index in [0.29, 0.717) is 13.0 Å². The van der Waals surface area contributed by atoms with Gasteiger partial charge in [0, 0.05) is 13.1 Å². The lowest BCUT2D eigenvalue weighted by molar-refractivity contribution is -0.525. The fourth-order valence-corrected chi connectivity index (χ4v) is 1.93. The Morgan fingerprint density at radius 3 is 2.58 bits per heavy atom. The summed E-state index contributed by atoms with van der Waals surface area (Å²) in [5.74, 6) is -0.739. The molecule has 0 spiro atoms. The van der Waals surface area contributed by atoms with Gasteiger partial charge in [-0.2, -0.15) is 0 Å². The van der Waals surface area contributed by atoms with Gasteiger partial charge in [-0.3, -0.25) is 4.79 Å². The molecule has 0 aromatic heterocycles. The van der Waals surface area contributed by atoms with Crippen LogP contribution in [0.4, 0.5) is 4.79 Å². The van der Waals surface area contributed by atoms with Crippen molar-refractivity contribution in [1.29, 1.82) is 0 Å². The van der Waals surface area contributed by atoms with Gasteiger partial charge in [0.05, 0.1) is 0 Å². The molecule has 11 heteroatoms. The zero-order chi connectivity index (χ0) is 18.4. The van der Waals surface area contributed by atoms with Crippen LogP contribution in [0.1, 0.15) is 45.4 Å². The number of hydrogen-bond donors (Lipinski definition) is 5. The van der Waals surface area contributed by atoms with E-state index in [9.17, 15) is 19.7 Å². The second-order valence-electron chi connectivity index (χ2n) is 5.13. The number of unbranched alkanes of at least 4 members (excludes halogenated alkanes) is 3. The molecular weight excluding hydrogens is 320 g/mol. The van der Waals surface area contributed by atoms with E-state index in [1.54, 1.807) is 5.43 Å². The first kappa shape index (κ1) is 21.4. The number of hydrogen-bond acceptors (Lipinski definition) is 5. The summed E-state index contributed by atoms with van der Waals surface area (Å²) in [6.07, 6.45) is 3.28. The number of guanidine groups is 1. The van der Waals surface area contributed by atoms with E-state index in [1.807, 2.05) is 0 Å². The van der Waals surface area contributed by atoms with Crippen LogP contribution < -0.4 is 21.8 Å². The summed E-state index contributed by atoms with van der Waals surface area (Å²) >= 11 is 0. The molecule has 0 radical (unpaired) electrons. The Morgan fingerprint density at radius 1 is 1.29 bits per heavy atom. The minimum atomic E-state index is -1.29. The summed E-state index contributed by atoms with van der Waals surface area (Å²) in [7, 11) is 0. The van der Waals surface area contributed by atoms with Crippen molar-refractivity contribution in [3.63, 3.8) is 0 Å². The molecule has 0 saturated heterocycles. The Balaban J connectivity index is 4.23. The molecule has 1 atom stereocenters. The average Bonchev–Trinajstić information content (AvgIpc) is 2.48. The number of nitrogens with one attached hydrogen (secondary N) is 3. The Bertz CT molecular complexity index is 443. The largest absolute Gasteiger partial charge is 0.465 e. The number of carbonyl (C=O) groups is 2. The smallest absolute Gasteiger partial charge is 0.405 e. The molecule has 0 heterocycles. The predicted octanol–water partition coefficient (Wildman–Crippen LogP) is 0.195. The van der Waals surface area contributed by atoms with E-state index in [1.165, 1.54) is 0 Å². The predicted molar refractivity (Wildman–Crippen MR) is 88.0 cm³/mol. The summed E-state index contributed by atoms with van der Waals surface area (Å²) in [4.78, 5) is 36.6. The first-order valence-electron chi connectivity index (χ1n) is 7.85. The molecule has 24 heavy (non-hydrogen) atoms. The van der Waals surface area contributed by atoms with Crippen LogP contribution in [0.15, 0.2) is 4.99 Å². The van der Waals surface area contributed by atoms with Crippen LogP contribution in [-0.2, 0) is 4.79 Å². The second-order valence-corrected chi connectivity index (χ2v) is 5.13. The van der Waals surface area contributed by atoms with Gasteiger partial charge >= 0.3 is 6.09 Å². The van der Waals surface area contributed by atoms with E-state index in [2.05, 4.69) is 22.5 Å². The normalized spacial score (nSPS) is 12.3. The van der Waals surface area contributed by atoms with Crippen LogP contribution in [0, 0.1) is 10.1 Å². The molecule has 0 unspecified atom stereocenters. The van der Waals surface area contributed by atoms with Crippen molar-refractivity contribution in [1.82, 2.24) is 16.1 Å². The molecule has 0 aliphatic carbocycles. The number of nitrogens with two attached hydrogens (primary N) is 1. The standard InChI is InChI=1S/C13H26N6O5/c1-2-3-4-5-8-15-11(20)10(17-13(21)22)7-6-9-16-12(14)18-19(23)24/h10,17H,2-9H2,1H3,(H,15,20)(H,21,22)(H3,14,16,18)/t10-/m0/s1. The van der Waals surface area contributed by atoms with Crippen LogP contribution in [-0.4, -0.2) is 47.2 Å². The number of aliphatic imine (C=N–C) groups is 1. The number of amides is 2. The maximum Gasteiger partial charge on any atom is 0.405 e. The van der Waals surface area contributed by atoms with Crippen molar-refractivity contribution in [2.75, 3.05) is 13.1 Å². The topological polar surface area (TPSA) is 172 Å². The van der Waals surface area contributed by atoms with Gasteiger partial charge in [-0.1, -0.05) is 31.6 Å². The molecule has 0 aromatic carbocycles. The van der Waals surface area contributed by atoms with Gasteiger partial charge in [0.1, 0.15) is 6.04 Å². The second kappa shape index (κ2) is 12.9. The van der Waals surface area contributed by atoms with E-state index in [-0.39, 0.29) is 18.9 Å². The quantitative estimate of drug-likeness (QED) is 0.110. The third kappa shape index (κ3) is 12.0. The van der Waals surface area contributed by atoms with Crippen LogP contribution >= 0.6 is 0 Å². The van der Waals surface area contributed by atoms with E-state index < -0.39 is 23.1 Å². The Labute approximate surface area is 140 Å². The van der Waals surface area contributed by atoms with Crippen molar-refractivity contribution in [3.8, 4) is 0 Å². The van der Waals surface area contributed by atoms with Crippen molar-refractivity contribution in [2.45, 2.75) is 51.5 Å². The van der Waals surface area contributed by atoms with Crippen LogP contribution in [0.3, 0.4) is 0 Å². The molecular formula is C13H26N6O5. The molecule has 0 aliphatic rings. The summed E-state index contributed by atoms with van der Waals surface area (Å²) in [6, 6.07) is -0.895. The fraction of sp³-hybridized carbons (Fsp3) is 0.769. The number of rotatable bonds is 12. The summed E-state index contributed by atoms with van der Waals surface area (Å²) < 4.78 is 0. The molecule has 0 saturated carbocycles. The molecule has 0 fully saturated rings.